The van der Waals surface area contributed by atoms with E-state index in [0.29, 0.717) is 27.9 Å². The van der Waals surface area contributed by atoms with Crippen molar-refractivity contribution < 1.29 is 19.1 Å². The minimum Gasteiger partial charge on any atom is -0.493 e. The van der Waals surface area contributed by atoms with Gasteiger partial charge in [-0.2, -0.15) is 0 Å². The molecule has 3 rings (SSSR count). The molecule has 0 unspecified atom stereocenters. The second kappa shape index (κ2) is 9.43. The van der Waals surface area contributed by atoms with Gasteiger partial charge in [0.05, 0.1) is 29.9 Å². The molecule has 1 aliphatic rings. The van der Waals surface area contributed by atoms with Crippen molar-refractivity contribution in [1.29, 1.82) is 0 Å². The van der Waals surface area contributed by atoms with E-state index in [0.717, 1.165) is 17.7 Å². The van der Waals surface area contributed by atoms with Gasteiger partial charge in [-0.25, -0.2) is 9.79 Å². The fraction of sp³-hybridized carbons (Fsp3) is 0.227. The van der Waals surface area contributed by atoms with Crippen molar-refractivity contribution in [3.63, 3.8) is 0 Å². The Kier molecular flexibility index (Phi) is 6.72. The molecule has 0 spiro atoms. The first-order valence-corrected chi connectivity index (χ1v) is 10.0. The minimum absolute atomic E-state index is 0.120. The molecule has 7 heteroatoms. The lowest BCUT2D eigenvalue weighted by atomic mass is 10.2. The van der Waals surface area contributed by atoms with Crippen LogP contribution in [0.5, 0.6) is 5.75 Å². The summed E-state index contributed by atoms with van der Waals surface area (Å²) in [7, 11) is 3.03. The van der Waals surface area contributed by atoms with E-state index in [1.165, 1.54) is 23.8 Å². The zero-order chi connectivity index (χ0) is 20.8. The number of nitrogens with zero attached hydrogens (tertiary/aromatic N) is 2. The van der Waals surface area contributed by atoms with Crippen molar-refractivity contribution in [1.82, 2.24) is 4.90 Å². The van der Waals surface area contributed by atoms with Crippen LogP contribution in [0.1, 0.15) is 29.3 Å². The predicted molar refractivity (Wildman–Crippen MR) is 115 cm³/mol. The first kappa shape index (κ1) is 20.7. The quantitative estimate of drug-likeness (QED) is 0.518. The topological polar surface area (TPSA) is 68.2 Å². The molecule has 1 saturated heterocycles. The first-order valence-electron chi connectivity index (χ1n) is 9.20. The van der Waals surface area contributed by atoms with Gasteiger partial charge < -0.3 is 9.47 Å². The highest BCUT2D eigenvalue weighted by Gasteiger charge is 2.30. The Morgan fingerprint density at radius 1 is 1.17 bits per heavy atom. The maximum absolute atomic E-state index is 12.7. The van der Waals surface area contributed by atoms with Crippen LogP contribution in [-0.4, -0.2) is 42.7 Å². The van der Waals surface area contributed by atoms with E-state index in [1.54, 1.807) is 31.3 Å². The second-order valence-corrected chi connectivity index (χ2v) is 7.30. The van der Waals surface area contributed by atoms with Crippen molar-refractivity contribution in [2.75, 3.05) is 20.8 Å². The Balaban J connectivity index is 1.83. The van der Waals surface area contributed by atoms with Crippen molar-refractivity contribution in [2.24, 2.45) is 4.99 Å². The van der Waals surface area contributed by atoms with Crippen molar-refractivity contribution in [3.05, 3.63) is 64.6 Å². The molecule has 1 heterocycles. The van der Waals surface area contributed by atoms with Crippen LogP contribution in [0.2, 0.25) is 0 Å². The van der Waals surface area contributed by atoms with Crippen LogP contribution in [0.25, 0.3) is 6.08 Å². The van der Waals surface area contributed by atoms with Crippen molar-refractivity contribution in [3.8, 4) is 5.75 Å². The van der Waals surface area contributed by atoms with E-state index in [4.69, 9.17) is 9.47 Å². The number of carbonyl (C=O) groups is 2. The van der Waals surface area contributed by atoms with Gasteiger partial charge in [0, 0.05) is 12.6 Å². The Labute approximate surface area is 174 Å². The number of thioether (sulfide) groups is 1. The number of amides is 1. The van der Waals surface area contributed by atoms with Gasteiger partial charge in [-0.15, -0.1) is 0 Å². The number of likely N-dealkylation sites (N-methyl/N-ethyl adjacent to an activating group) is 1. The lowest BCUT2D eigenvalue weighted by Crippen LogP contribution is -2.23. The summed E-state index contributed by atoms with van der Waals surface area (Å²) in [6, 6.07) is 14.4. The average molecular weight is 410 g/mol. The maximum atomic E-state index is 12.7. The third-order valence-electron chi connectivity index (χ3n) is 4.18. The molecule has 0 aromatic heterocycles. The van der Waals surface area contributed by atoms with Gasteiger partial charge in [0.15, 0.2) is 5.17 Å². The molecular formula is C22H22N2O4S. The van der Waals surface area contributed by atoms with E-state index in [1.807, 2.05) is 37.3 Å². The highest BCUT2D eigenvalue weighted by atomic mass is 32.2. The van der Waals surface area contributed by atoms with Crippen LogP contribution in [0.3, 0.4) is 0 Å². The van der Waals surface area contributed by atoms with E-state index in [-0.39, 0.29) is 5.91 Å². The number of hydrogen-bond acceptors (Lipinski definition) is 6. The number of aliphatic imine (C=N–C) groups is 1. The molecule has 0 bridgehead atoms. The van der Waals surface area contributed by atoms with E-state index >= 15 is 0 Å². The van der Waals surface area contributed by atoms with Gasteiger partial charge in [0.25, 0.3) is 5.91 Å². The predicted octanol–water partition coefficient (Wildman–Crippen LogP) is 4.50. The van der Waals surface area contributed by atoms with E-state index in [2.05, 4.69) is 4.99 Å². The molecule has 0 saturated carbocycles. The Bertz CT molecular complexity index is 967. The fourth-order valence-corrected chi connectivity index (χ4v) is 3.61. The summed E-state index contributed by atoms with van der Waals surface area (Å²) in [6.07, 6.45) is 2.74. The highest BCUT2D eigenvalue weighted by Crippen LogP contribution is 2.34. The van der Waals surface area contributed by atoms with Gasteiger partial charge in [-0.3, -0.25) is 9.69 Å². The summed E-state index contributed by atoms with van der Waals surface area (Å²) in [5, 5.41) is 0.569. The molecule has 0 N–H and O–H groups in total. The summed E-state index contributed by atoms with van der Waals surface area (Å²) < 4.78 is 10.5. The van der Waals surface area contributed by atoms with Crippen LogP contribution in [-0.2, 0) is 9.53 Å². The molecule has 150 valence electrons. The van der Waals surface area contributed by atoms with Crippen molar-refractivity contribution >= 4 is 40.6 Å². The highest BCUT2D eigenvalue weighted by molar-refractivity contribution is 8.18. The number of benzene rings is 2. The third-order valence-corrected chi connectivity index (χ3v) is 5.24. The van der Waals surface area contributed by atoms with Crippen LogP contribution in [0, 0.1) is 0 Å². The number of rotatable bonds is 6. The Hall–Kier alpha value is -3.06. The summed E-state index contributed by atoms with van der Waals surface area (Å²) in [5.41, 5.74) is 1.95. The first-order chi connectivity index (χ1) is 14.0. The van der Waals surface area contributed by atoms with E-state index in [9.17, 15) is 9.59 Å². The lowest BCUT2D eigenvalue weighted by Gasteiger charge is -2.08. The van der Waals surface area contributed by atoms with Crippen molar-refractivity contribution in [2.45, 2.75) is 13.3 Å². The molecule has 6 nitrogen and oxygen atoms in total. The fourth-order valence-electron chi connectivity index (χ4n) is 2.64. The summed E-state index contributed by atoms with van der Waals surface area (Å²) in [6.45, 7) is 2.67. The van der Waals surface area contributed by atoms with Gasteiger partial charge in [-0.1, -0.05) is 25.1 Å². The maximum Gasteiger partial charge on any atom is 0.337 e. The molecule has 0 aliphatic carbocycles. The van der Waals surface area contributed by atoms with Gasteiger partial charge in [0.1, 0.15) is 5.75 Å². The molecule has 1 amide bonds. The SMILES string of the molecule is CCCOc1ccccc1/C=C1/SC(=Nc2ccc(C(=O)OC)cc2)N(C)C1=O. The third kappa shape index (κ3) is 4.86. The van der Waals surface area contributed by atoms with E-state index < -0.39 is 5.97 Å². The van der Waals surface area contributed by atoms with Gasteiger partial charge >= 0.3 is 5.97 Å². The largest absolute Gasteiger partial charge is 0.493 e. The van der Waals surface area contributed by atoms with Crippen LogP contribution < -0.4 is 4.74 Å². The van der Waals surface area contributed by atoms with Gasteiger partial charge in [0.2, 0.25) is 0 Å². The number of methoxy groups -OCH3 is 1. The molecule has 0 atom stereocenters. The standard InChI is InChI=1S/C22H22N2O4S/c1-4-13-28-18-8-6-5-7-16(18)14-19-20(25)24(2)22(29-19)23-17-11-9-15(10-12-17)21(26)27-3/h5-12,14H,4,13H2,1-3H3/b19-14+,23-22?. The van der Waals surface area contributed by atoms with Crippen LogP contribution in [0.4, 0.5) is 5.69 Å². The molecule has 1 aliphatic heterocycles. The number of para-hydroxylation sites is 1. The molecular weight excluding hydrogens is 388 g/mol. The zero-order valence-electron chi connectivity index (χ0n) is 16.5. The second-order valence-electron chi connectivity index (χ2n) is 6.29. The summed E-state index contributed by atoms with van der Waals surface area (Å²) >= 11 is 1.30. The molecule has 29 heavy (non-hydrogen) atoms. The monoisotopic (exact) mass is 410 g/mol. The van der Waals surface area contributed by atoms with Crippen LogP contribution >= 0.6 is 11.8 Å². The molecule has 2 aromatic carbocycles. The summed E-state index contributed by atoms with van der Waals surface area (Å²) in [5.74, 6) is 0.229. The number of esters is 1. The average Bonchev–Trinajstić information content (AvgIpc) is 3.01. The number of carbonyl (C=O) groups excluding carboxylic acids is 2. The number of ether oxygens (including phenoxy) is 2. The molecule has 2 aromatic rings. The number of amidine groups is 1. The Morgan fingerprint density at radius 3 is 2.59 bits per heavy atom. The summed E-state index contributed by atoms with van der Waals surface area (Å²) in [4.78, 5) is 30.8. The Morgan fingerprint density at radius 2 is 1.90 bits per heavy atom. The lowest BCUT2D eigenvalue weighted by molar-refractivity contribution is -0.121. The van der Waals surface area contributed by atoms with Crippen LogP contribution in [0.15, 0.2) is 58.4 Å². The molecule has 1 fully saturated rings. The number of hydrogen-bond donors (Lipinski definition) is 0. The van der Waals surface area contributed by atoms with Gasteiger partial charge in [-0.05, 0) is 54.6 Å². The smallest absolute Gasteiger partial charge is 0.337 e. The normalized spacial score (nSPS) is 16.5. The molecule has 0 radical (unpaired) electrons. The zero-order valence-corrected chi connectivity index (χ0v) is 17.4. The minimum atomic E-state index is -0.402.